The van der Waals surface area contributed by atoms with E-state index >= 15 is 0 Å². The predicted molar refractivity (Wildman–Crippen MR) is 73.6 cm³/mol. The Labute approximate surface area is 104 Å². The van der Waals surface area contributed by atoms with E-state index in [0.29, 0.717) is 0 Å². The highest BCUT2D eigenvalue weighted by Gasteiger charge is 2.30. The molecule has 0 spiro atoms. The highest BCUT2D eigenvalue weighted by atomic mass is 16.1. The molecule has 1 aromatic heterocycles. The number of aryl methyl sites for hydroxylation is 2. The summed E-state index contributed by atoms with van der Waals surface area (Å²) in [4.78, 5) is 15.4. The van der Waals surface area contributed by atoms with Crippen LogP contribution in [0, 0.1) is 19.3 Å². The number of aromatic amines is 1. The third-order valence-electron chi connectivity index (χ3n) is 3.00. The molecular weight excluding hydrogens is 210 g/mol. The van der Waals surface area contributed by atoms with Crippen LogP contribution >= 0.6 is 0 Å². The Morgan fingerprint density at radius 2 is 1.65 bits per heavy atom. The lowest BCUT2D eigenvalue weighted by molar-refractivity contribution is 0.282. The average molecular weight is 235 g/mol. The minimum atomic E-state index is -0.0936. The molecule has 0 unspecified atom stereocenters. The number of H-pyrrole nitrogens is 1. The van der Waals surface area contributed by atoms with Crippen LogP contribution in [-0.2, 0) is 5.41 Å². The van der Waals surface area contributed by atoms with E-state index in [1.807, 2.05) is 13.8 Å². The summed E-state index contributed by atoms with van der Waals surface area (Å²) in [5, 5.41) is 0. The van der Waals surface area contributed by atoms with E-state index < -0.39 is 0 Å². The van der Waals surface area contributed by atoms with Gasteiger partial charge in [-0.3, -0.25) is 4.79 Å². The van der Waals surface area contributed by atoms with E-state index in [4.69, 9.17) is 0 Å². The van der Waals surface area contributed by atoms with Crippen molar-refractivity contribution >= 4 is 0 Å². The summed E-state index contributed by atoms with van der Waals surface area (Å²) in [6.45, 7) is 14.9. The zero-order valence-corrected chi connectivity index (χ0v) is 12.2. The maximum absolute atomic E-state index is 12.2. The van der Waals surface area contributed by atoms with Crippen LogP contribution in [0.1, 0.15) is 58.0 Å². The summed E-state index contributed by atoms with van der Waals surface area (Å²) in [5.41, 5.74) is 3.15. The van der Waals surface area contributed by atoms with Crippen LogP contribution in [0.4, 0.5) is 0 Å². The molecule has 0 aliphatic carbocycles. The Bertz CT molecular complexity index is 461. The lowest BCUT2D eigenvalue weighted by atomic mass is 9.71. The van der Waals surface area contributed by atoms with Crippen molar-refractivity contribution < 1.29 is 0 Å². The summed E-state index contributed by atoms with van der Waals surface area (Å²) < 4.78 is 0. The van der Waals surface area contributed by atoms with E-state index in [2.05, 4.69) is 39.6 Å². The second-order valence-electron chi connectivity index (χ2n) is 6.94. The molecule has 0 aliphatic heterocycles. The van der Waals surface area contributed by atoms with Gasteiger partial charge < -0.3 is 4.98 Å². The smallest absolute Gasteiger partial charge is 0.185 e. The summed E-state index contributed by atoms with van der Waals surface area (Å²) in [5.74, 6) is 0. The number of hydrogen-bond acceptors (Lipinski definition) is 1. The number of nitrogens with one attached hydrogen (secondary N) is 1. The standard InChI is InChI=1S/C15H25NO/c1-10-8-12(17)13(11(2)16-10)15(6,7)9-14(3,4)5/h8H,9H2,1-7H3,(H,16,17). The van der Waals surface area contributed by atoms with Crippen molar-refractivity contribution in [1.29, 1.82) is 0 Å². The molecule has 0 aromatic carbocycles. The van der Waals surface area contributed by atoms with Gasteiger partial charge in [0.05, 0.1) is 0 Å². The fourth-order valence-electron chi connectivity index (χ4n) is 3.10. The number of rotatable bonds is 2. The van der Waals surface area contributed by atoms with Gasteiger partial charge in [-0.2, -0.15) is 0 Å². The third kappa shape index (κ3) is 3.45. The van der Waals surface area contributed by atoms with E-state index in [9.17, 15) is 4.79 Å². The Morgan fingerprint density at radius 1 is 1.12 bits per heavy atom. The van der Waals surface area contributed by atoms with Gasteiger partial charge in [0.2, 0.25) is 0 Å². The van der Waals surface area contributed by atoms with Gasteiger partial charge in [-0.25, -0.2) is 0 Å². The summed E-state index contributed by atoms with van der Waals surface area (Å²) >= 11 is 0. The van der Waals surface area contributed by atoms with Gasteiger partial charge >= 0.3 is 0 Å². The van der Waals surface area contributed by atoms with Crippen molar-refractivity contribution in [3.63, 3.8) is 0 Å². The Balaban J connectivity index is 3.29. The van der Waals surface area contributed by atoms with E-state index in [1.54, 1.807) is 6.07 Å². The van der Waals surface area contributed by atoms with Gasteiger partial charge in [0.25, 0.3) is 0 Å². The molecule has 96 valence electrons. The molecule has 0 atom stereocenters. The van der Waals surface area contributed by atoms with E-state index in [-0.39, 0.29) is 16.3 Å². The topological polar surface area (TPSA) is 32.9 Å². The van der Waals surface area contributed by atoms with Crippen LogP contribution in [-0.4, -0.2) is 4.98 Å². The molecule has 1 rings (SSSR count). The van der Waals surface area contributed by atoms with Crippen molar-refractivity contribution in [2.45, 2.75) is 60.3 Å². The molecule has 17 heavy (non-hydrogen) atoms. The first kappa shape index (κ1) is 14.0. The maximum atomic E-state index is 12.2. The first-order valence-electron chi connectivity index (χ1n) is 6.24. The SMILES string of the molecule is Cc1cc(=O)c(C(C)(C)CC(C)(C)C)c(C)[nH]1. The van der Waals surface area contributed by atoms with Gasteiger partial charge in [0, 0.05) is 23.0 Å². The third-order valence-corrected chi connectivity index (χ3v) is 3.00. The van der Waals surface area contributed by atoms with Gasteiger partial charge in [-0.1, -0.05) is 34.6 Å². The molecule has 2 heteroatoms. The number of hydrogen-bond donors (Lipinski definition) is 1. The normalized spacial score (nSPS) is 12.9. The minimum Gasteiger partial charge on any atom is -0.362 e. The first-order chi connectivity index (χ1) is 7.53. The molecule has 0 aliphatic rings. The number of pyridine rings is 1. The fraction of sp³-hybridized carbons (Fsp3) is 0.667. The van der Waals surface area contributed by atoms with Gasteiger partial charge in [0.15, 0.2) is 5.43 Å². The van der Waals surface area contributed by atoms with Crippen LogP contribution < -0.4 is 5.43 Å². The summed E-state index contributed by atoms with van der Waals surface area (Å²) in [7, 11) is 0. The lowest BCUT2D eigenvalue weighted by Gasteiger charge is -2.33. The Hall–Kier alpha value is -1.05. The molecule has 0 saturated heterocycles. The van der Waals surface area contributed by atoms with Gasteiger partial charge in [-0.05, 0) is 31.1 Å². The molecule has 2 nitrogen and oxygen atoms in total. The highest BCUT2D eigenvalue weighted by Crippen LogP contribution is 2.35. The monoisotopic (exact) mass is 235 g/mol. The Kier molecular flexibility index (Phi) is 3.56. The zero-order chi connectivity index (χ0) is 13.4. The van der Waals surface area contributed by atoms with Crippen LogP contribution in [0.3, 0.4) is 0 Å². The molecule has 0 amide bonds. The van der Waals surface area contributed by atoms with Crippen LogP contribution in [0.2, 0.25) is 0 Å². The molecular formula is C15H25NO. The second-order valence-corrected chi connectivity index (χ2v) is 6.94. The number of aromatic nitrogens is 1. The largest absolute Gasteiger partial charge is 0.362 e. The zero-order valence-electron chi connectivity index (χ0n) is 12.2. The Morgan fingerprint density at radius 3 is 2.06 bits per heavy atom. The van der Waals surface area contributed by atoms with Crippen LogP contribution in [0.25, 0.3) is 0 Å². The highest BCUT2D eigenvalue weighted by molar-refractivity contribution is 5.29. The average Bonchev–Trinajstić information content (AvgIpc) is 1.93. The molecule has 0 radical (unpaired) electrons. The molecule has 0 saturated carbocycles. The minimum absolute atomic E-state index is 0.0936. The summed E-state index contributed by atoms with van der Waals surface area (Å²) in [6.07, 6.45) is 0.993. The van der Waals surface area contributed by atoms with Crippen molar-refractivity contribution in [3.05, 3.63) is 33.2 Å². The molecule has 0 bridgehead atoms. The van der Waals surface area contributed by atoms with Gasteiger partial charge in [-0.15, -0.1) is 0 Å². The summed E-state index contributed by atoms with van der Waals surface area (Å²) in [6, 6.07) is 1.70. The van der Waals surface area contributed by atoms with Gasteiger partial charge in [0.1, 0.15) is 0 Å². The molecule has 1 N–H and O–H groups in total. The second kappa shape index (κ2) is 4.32. The van der Waals surface area contributed by atoms with Crippen molar-refractivity contribution in [2.75, 3.05) is 0 Å². The predicted octanol–water partition coefficient (Wildman–Crippen LogP) is 3.71. The first-order valence-corrected chi connectivity index (χ1v) is 6.24. The van der Waals surface area contributed by atoms with Crippen LogP contribution in [0.5, 0.6) is 0 Å². The van der Waals surface area contributed by atoms with Crippen molar-refractivity contribution in [1.82, 2.24) is 4.98 Å². The van der Waals surface area contributed by atoms with E-state index in [0.717, 1.165) is 23.4 Å². The lowest BCUT2D eigenvalue weighted by Crippen LogP contribution is -2.32. The van der Waals surface area contributed by atoms with Crippen molar-refractivity contribution in [3.8, 4) is 0 Å². The van der Waals surface area contributed by atoms with Crippen molar-refractivity contribution in [2.24, 2.45) is 5.41 Å². The molecule has 1 heterocycles. The molecule has 1 aromatic rings. The fourth-order valence-corrected chi connectivity index (χ4v) is 3.10. The molecule has 0 fully saturated rings. The quantitative estimate of drug-likeness (QED) is 0.833. The van der Waals surface area contributed by atoms with E-state index in [1.165, 1.54) is 0 Å². The van der Waals surface area contributed by atoms with Crippen LogP contribution in [0.15, 0.2) is 10.9 Å². The maximum Gasteiger partial charge on any atom is 0.185 e.